The Hall–Kier alpha value is 0.160. The zero-order valence-corrected chi connectivity index (χ0v) is 10.8. The highest BCUT2D eigenvalue weighted by Crippen LogP contribution is 2.08. The van der Waals surface area contributed by atoms with Crippen LogP contribution in [0.3, 0.4) is 0 Å². The summed E-state index contributed by atoms with van der Waals surface area (Å²) < 4.78 is 5.30. The smallest absolute Gasteiger partial charge is 0.364 e. The molecular formula is C8H19INO2+. The number of hydrogen-bond acceptors (Lipinski definition) is 2. The zero-order valence-electron chi connectivity index (χ0n) is 8.46. The Kier molecular flexibility index (Phi) is 7.02. The van der Waals surface area contributed by atoms with Crippen LogP contribution >= 0.6 is 24.0 Å². The van der Waals surface area contributed by atoms with Gasteiger partial charge >= 0.3 is 5.97 Å². The van der Waals surface area contributed by atoms with E-state index in [4.69, 9.17) is 0 Å². The van der Waals surface area contributed by atoms with E-state index < -0.39 is 0 Å². The quantitative estimate of drug-likeness (QED) is 0.444. The fourth-order valence-corrected chi connectivity index (χ4v) is 1.17. The molecule has 0 amide bonds. The first-order valence-electron chi connectivity index (χ1n) is 3.82. The zero-order chi connectivity index (χ0) is 9.07. The lowest BCUT2D eigenvalue weighted by atomic mass is 10.2. The van der Waals surface area contributed by atoms with Gasteiger partial charge in [-0.2, -0.15) is 0 Å². The van der Waals surface area contributed by atoms with Crippen LogP contribution in [0, 0.1) is 0 Å². The van der Waals surface area contributed by atoms with E-state index in [2.05, 4.69) is 4.74 Å². The van der Waals surface area contributed by atoms with Gasteiger partial charge in [0.2, 0.25) is 0 Å². The highest BCUT2D eigenvalue weighted by molar-refractivity contribution is 14.0. The third kappa shape index (κ3) is 4.25. The summed E-state index contributed by atoms with van der Waals surface area (Å²) in [5.41, 5.74) is 0. The number of esters is 1. The van der Waals surface area contributed by atoms with Gasteiger partial charge in [-0.3, -0.25) is 0 Å². The van der Waals surface area contributed by atoms with Crippen LogP contribution in [0.25, 0.3) is 0 Å². The molecule has 1 atom stereocenters. The van der Waals surface area contributed by atoms with Crippen molar-refractivity contribution in [2.75, 3.05) is 28.3 Å². The number of nitrogens with zero attached hydrogens (tertiary/aromatic N) is 1. The number of hydrogen-bond donors (Lipinski definition) is 0. The minimum Gasteiger partial charge on any atom is -0.465 e. The number of likely N-dealkylation sites (N-methyl/N-ethyl adjacent to an activating group) is 1. The molecule has 0 N–H and O–H groups in total. The van der Waals surface area contributed by atoms with Gasteiger partial charge in [0.25, 0.3) is 0 Å². The number of rotatable bonds is 3. The molecule has 0 aromatic heterocycles. The number of carbonyl (C=O) groups excluding carboxylic acids is 1. The van der Waals surface area contributed by atoms with E-state index in [1.54, 1.807) is 0 Å². The molecule has 0 spiro atoms. The lowest BCUT2D eigenvalue weighted by Gasteiger charge is -2.31. The van der Waals surface area contributed by atoms with Crippen LogP contribution in [0.4, 0.5) is 0 Å². The summed E-state index contributed by atoms with van der Waals surface area (Å²) in [6.07, 6.45) is 0.816. The standard InChI is InChI=1S/C8H18NO2.HI/c1-6-7(8(10)11-5)9(2,3)4;/h7H,6H2,1-5H3;1H/q+1;. The summed E-state index contributed by atoms with van der Waals surface area (Å²) in [5, 5.41) is 0. The monoisotopic (exact) mass is 288 g/mol. The summed E-state index contributed by atoms with van der Waals surface area (Å²) in [5.74, 6) is -0.125. The van der Waals surface area contributed by atoms with E-state index in [1.165, 1.54) is 7.11 Å². The normalized spacial score (nSPS) is 13.1. The third-order valence-electron chi connectivity index (χ3n) is 1.79. The van der Waals surface area contributed by atoms with Crippen LogP contribution in [0.5, 0.6) is 0 Å². The molecule has 0 aromatic carbocycles. The predicted octanol–water partition coefficient (Wildman–Crippen LogP) is 1.26. The van der Waals surface area contributed by atoms with Crippen LogP contribution in [-0.2, 0) is 9.53 Å². The Labute approximate surface area is 91.7 Å². The lowest BCUT2D eigenvalue weighted by molar-refractivity contribution is -0.887. The van der Waals surface area contributed by atoms with Gasteiger partial charge < -0.3 is 9.22 Å². The van der Waals surface area contributed by atoms with Crippen molar-refractivity contribution in [3.8, 4) is 0 Å². The molecule has 4 heteroatoms. The summed E-state index contributed by atoms with van der Waals surface area (Å²) in [6, 6.07) is -0.0417. The molecule has 0 fully saturated rings. The Bertz CT molecular complexity index is 142. The molecule has 12 heavy (non-hydrogen) atoms. The number of carbonyl (C=O) groups is 1. The second-order valence-electron chi connectivity index (χ2n) is 3.56. The van der Waals surface area contributed by atoms with Gasteiger partial charge in [-0.15, -0.1) is 24.0 Å². The van der Waals surface area contributed by atoms with Crippen molar-refractivity contribution in [1.82, 2.24) is 0 Å². The Morgan fingerprint density at radius 3 is 1.92 bits per heavy atom. The molecule has 0 saturated carbocycles. The number of ether oxygens (including phenoxy) is 1. The van der Waals surface area contributed by atoms with E-state index in [0.717, 1.165) is 6.42 Å². The molecule has 0 aliphatic carbocycles. The van der Waals surface area contributed by atoms with Crippen LogP contribution in [-0.4, -0.2) is 44.7 Å². The fourth-order valence-electron chi connectivity index (χ4n) is 1.17. The molecule has 0 aromatic rings. The first kappa shape index (κ1) is 14.7. The van der Waals surface area contributed by atoms with E-state index in [-0.39, 0.29) is 36.0 Å². The molecule has 0 aliphatic rings. The van der Waals surface area contributed by atoms with Crippen LogP contribution in [0.2, 0.25) is 0 Å². The predicted molar refractivity (Wildman–Crippen MR) is 59.5 cm³/mol. The average Bonchev–Trinajstić information content (AvgIpc) is 1.86. The molecule has 0 rings (SSSR count). The molecule has 0 saturated heterocycles. The van der Waals surface area contributed by atoms with Gasteiger partial charge in [0.05, 0.1) is 28.3 Å². The van der Waals surface area contributed by atoms with E-state index >= 15 is 0 Å². The highest BCUT2D eigenvalue weighted by Gasteiger charge is 2.30. The molecule has 0 aliphatic heterocycles. The fraction of sp³-hybridized carbons (Fsp3) is 0.875. The molecule has 0 radical (unpaired) electrons. The SMILES string of the molecule is CCC(C(=O)OC)[N+](C)(C)C.I. The molecule has 74 valence electrons. The Balaban J connectivity index is 0. The van der Waals surface area contributed by atoms with Crippen LogP contribution in [0.15, 0.2) is 0 Å². The maximum Gasteiger partial charge on any atom is 0.364 e. The second kappa shape index (κ2) is 5.75. The van der Waals surface area contributed by atoms with E-state index in [0.29, 0.717) is 4.48 Å². The van der Waals surface area contributed by atoms with E-state index in [9.17, 15) is 4.79 Å². The number of halogens is 1. The van der Waals surface area contributed by atoms with Gasteiger partial charge in [0.1, 0.15) is 0 Å². The second-order valence-corrected chi connectivity index (χ2v) is 3.56. The van der Waals surface area contributed by atoms with Gasteiger partial charge in [-0.1, -0.05) is 6.92 Å². The van der Waals surface area contributed by atoms with Gasteiger partial charge in [0.15, 0.2) is 6.04 Å². The molecular weight excluding hydrogens is 269 g/mol. The minimum absolute atomic E-state index is 0. The average molecular weight is 288 g/mol. The van der Waals surface area contributed by atoms with Crippen molar-refractivity contribution in [3.63, 3.8) is 0 Å². The van der Waals surface area contributed by atoms with Crippen molar-refractivity contribution in [1.29, 1.82) is 0 Å². The van der Waals surface area contributed by atoms with Gasteiger partial charge in [-0.25, -0.2) is 4.79 Å². The van der Waals surface area contributed by atoms with Crippen molar-refractivity contribution < 1.29 is 14.0 Å². The van der Waals surface area contributed by atoms with Gasteiger partial charge in [0, 0.05) is 6.42 Å². The molecule has 0 bridgehead atoms. The van der Waals surface area contributed by atoms with Crippen molar-refractivity contribution in [3.05, 3.63) is 0 Å². The van der Waals surface area contributed by atoms with Crippen LogP contribution < -0.4 is 0 Å². The summed E-state index contributed by atoms with van der Waals surface area (Å²) >= 11 is 0. The Morgan fingerprint density at radius 2 is 1.83 bits per heavy atom. The van der Waals surface area contributed by atoms with Gasteiger partial charge in [-0.05, 0) is 0 Å². The molecule has 0 heterocycles. The van der Waals surface area contributed by atoms with Crippen LogP contribution in [0.1, 0.15) is 13.3 Å². The summed E-state index contributed by atoms with van der Waals surface area (Å²) in [4.78, 5) is 11.2. The maximum atomic E-state index is 11.2. The Morgan fingerprint density at radius 1 is 1.42 bits per heavy atom. The first-order valence-corrected chi connectivity index (χ1v) is 3.82. The van der Waals surface area contributed by atoms with Crippen molar-refractivity contribution in [2.24, 2.45) is 0 Å². The maximum absolute atomic E-state index is 11.2. The topological polar surface area (TPSA) is 26.3 Å². The molecule has 3 nitrogen and oxygen atoms in total. The summed E-state index contributed by atoms with van der Waals surface area (Å²) in [6.45, 7) is 1.99. The van der Waals surface area contributed by atoms with Crippen molar-refractivity contribution in [2.45, 2.75) is 19.4 Å². The third-order valence-corrected chi connectivity index (χ3v) is 1.79. The lowest BCUT2D eigenvalue weighted by Crippen LogP contribution is -2.49. The largest absolute Gasteiger partial charge is 0.465 e. The van der Waals surface area contributed by atoms with Crippen molar-refractivity contribution >= 4 is 29.9 Å². The number of methoxy groups -OCH3 is 1. The summed E-state index contributed by atoms with van der Waals surface area (Å²) in [7, 11) is 7.40. The highest BCUT2D eigenvalue weighted by atomic mass is 127. The first-order chi connectivity index (χ1) is 4.93. The number of quaternary nitrogens is 1. The molecule has 1 unspecified atom stereocenters. The van der Waals surface area contributed by atoms with E-state index in [1.807, 2.05) is 28.1 Å². The minimum atomic E-state index is -0.125.